The van der Waals surface area contributed by atoms with Gasteiger partial charge in [-0.05, 0) is 18.6 Å². The van der Waals surface area contributed by atoms with Gasteiger partial charge in [0.25, 0.3) is 11.8 Å². The average molecular weight is 464 g/mol. The van der Waals surface area contributed by atoms with E-state index in [1.165, 1.54) is 5.56 Å². The van der Waals surface area contributed by atoms with Crippen molar-refractivity contribution in [3.05, 3.63) is 65.9 Å². The summed E-state index contributed by atoms with van der Waals surface area (Å²) in [5, 5.41) is 10.2. The van der Waals surface area contributed by atoms with Crippen molar-refractivity contribution in [2.24, 2.45) is 0 Å². The highest BCUT2D eigenvalue weighted by molar-refractivity contribution is 6.04. The molecular formula is C25H29N5O4. The maximum absolute atomic E-state index is 12.7. The van der Waals surface area contributed by atoms with E-state index < -0.39 is 12.1 Å². The quantitative estimate of drug-likeness (QED) is 0.495. The SMILES string of the molecule is CC(OC(=O)CCNC(=O)c1n[nH]c2ccccc12)C(=O)N1CCN(Cc2ccccc2)CC1. The number of benzene rings is 2. The van der Waals surface area contributed by atoms with Gasteiger partial charge in [-0.3, -0.25) is 24.4 Å². The Labute approximate surface area is 198 Å². The van der Waals surface area contributed by atoms with Crippen molar-refractivity contribution in [2.75, 3.05) is 32.7 Å². The molecule has 2 N–H and O–H groups in total. The van der Waals surface area contributed by atoms with Crippen molar-refractivity contribution < 1.29 is 19.1 Å². The van der Waals surface area contributed by atoms with Crippen LogP contribution in [0.15, 0.2) is 54.6 Å². The molecular weight excluding hydrogens is 434 g/mol. The molecule has 34 heavy (non-hydrogen) atoms. The van der Waals surface area contributed by atoms with Crippen LogP contribution in [0.5, 0.6) is 0 Å². The minimum atomic E-state index is -0.862. The van der Waals surface area contributed by atoms with Gasteiger partial charge in [0.05, 0.1) is 11.9 Å². The fraction of sp³-hybridized carbons (Fsp3) is 0.360. The molecule has 9 heteroatoms. The van der Waals surface area contributed by atoms with Crippen LogP contribution in [0.4, 0.5) is 0 Å². The molecule has 2 heterocycles. The smallest absolute Gasteiger partial charge is 0.308 e. The Morgan fingerprint density at radius 3 is 2.50 bits per heavy atom. The van der Waals surface area contributed by atoms with Crippen LogP contribution in [0.2, 0.25) is 0 Å². The molecule has 0 bridgehead atoms. The van der Waals surface area contributed by atoms with E-state index in [-0.39, 0.29) is 30.5 Å². The van der Waals surface area contributed by atoms with Crippen molar-refractivity contribution in [3.63, 3.8) is 0 Å². The summed E-state index contributed by atoms with van der Waals surface area (Å²) in [6, 6.07) is 17.5. The second-order valence-corrected chi connectivity index (χ2v) is 8.34. The lowest BCUT2D eigenvalue weighted by Gasteiger charge is -2.35. The first-order valence-electron chi connectivity index (χ1n) is 11.5. The third-order valence-corrected chi connectivity index (χ3v) is 5.89. The number of piperazine rings is 1. The zero-order valence-corrected chi connectivity index (χ0v) is 19.2. The molecule has 1 aliphatic heterocycles. The van der Waals surface area contributed by atoms with Gasteiger partial charge in [-0.25, -0.2) is 0 Å². The molecule has 0 saturated carbocycles. The number of nitrogens with one attached hydrogen (secondary N) is 2. The Morgan fingerprint density at radius 1 is 1.03 bits per heavy atom. The van der Waals surface area contributed by atoms with Crippen molar-refractivity contribution in [1.82, 2.24) is 25.3 Å². The Bertz CT molecular complexity index is 1140. The molecule has 9 nitrogen and oxygen atoms in total. The summed E-state index contributed by atoms with van der Waals surface area (Å²) in [6.07, 6.45) is -0.893. The summed E-state index contributed by atoms with van der Waals surface area (Å²) in [5.41, 5.74) is 2.29. The van der Waals surface area contributed by atoms with Crippen LogP contribution in [-0.4, -0.2) is 76.6 Å². The van der Waals surface area contributed by atoms with E-state index in [9.17, 15) is 14.4 Å². The number of rotatable bonds is 8. The van der Waals surface area contributed by atoms with Crippen LogP contribution in [-0.2, 0) is 20.9 Å². The van der Waals surface area contributed by atoms with Gasteiger partial charge in [-0.1, -0.05) is 48.5 Å². The number of H-pyrrole nitrogens is 1. The van der Waals surface area contributed by atoms with Crippen molar-refractivity contribution >= 4 is 28.7 Å². The number of para-hydroxylation sites is 1. The highest BCUT2D eigenvalue weighted by Gasteiger charge is 2.27. The number of fused-ring (bicyclic) bond motifs is 1. The topological polar surface area (TPSA) is 108 Å². The fourth-order valence-corrected chi connectivity index (χ4v) is 4.03. The highest BCUT2D eigenvalue weighted by Crippen LogP contribution is 2.15. The lowest BCUT2D eigenvalue weighted by Crippen LogP contribution is -2.51. The Morgan fingerprint density at radius 2 is 1.74 bits per heavy atom. The average Bonchev–Trinajstić information content (AvgIpc) is 3.29. The zero-order chi connectivity index (χ0) is 23.9. The number of carbonyl (C=O) groups is 3. The first-order chi connectivity index (χ1) is 16.5. The number of carbonyl (C=O) groups excluding carboxylic acids is 3. The molecule has 1 fully saturated rings. The number of aromatic nitrogens is 2. The molecule has 1 atom stereocenters. The molecule has 178 valence electrons. The first-order valence-corrected chi connectivity index (χ1v) is 11.5. The number of hydrogen-bond donors (Lipinski definition) is 2. The molecule has 1 aromatic heterocycles. The molecule has 0 aliphatic carbocycles. The van der Waals surface area contributed by atoms with Gasteiger partial charge in [-0.2, -0.15) is 5.10 Å². The van der Waals surface area contributed by atoms with Gasteiger partial charge in [0, 0.05) is 44.7 Å². The van der Waals surface area contributed by atoms with Crippen molar-refractivity contribution in [2.45, 2.75) is 26.0 Å². The number of esters is 1. The summed E-state index contributed by atoms with van der Waals surface area (Å²) in [5.74, 6) is -1.10. The monoisotopic (exact) mass is 463 g/mol. The molecule has 4 rings (SSSR count). The third-order valence-electron chi connectivity index (χ3n) is 5.89. The number of amides is 2. The van der Waals surface area contributed by atoms with E-state index in [1.54, 1.807) is 17.9 Å². The standard InChI is InChI=1S/C25H29N5O4/c1-18(25(33)30-15-13-29(14-16-30)17-19-7-3-2-4-8-19)34-22(31)11-12-26-24(32)23-20-9-5-6-10-21(20)27-28-23/h2-10,18H,11-17H2,1H3,(H,26,32)(H,27,28). The lowest BCUT2D eigenvalue weighted by molar-refractivity contribution is -0.159. The fourth-order valence-electron chi connectivity index (χ4n) is 4.03. The molecule has 1 unspecified atom stereocenters. The van der Waals surface area contributed by atoms with E-state index in [0.29, 0.717) is 18.5 Å². The van der Waals surface area contributed by atoms with Crippen LogP contribution in [0.3, 0.4) is 0 Å². The van der Waals surface area contributed by atoms with E-state index >= 15 is 0 Å². The number of hydrogen-bond acceptors (Lipinski definition) is 6. The van der Waals surface area contributed by atoms with Gasteiger partial charge < -0.3 is 15.0 Å². The minimum Gasteiger partial charge on any atom is -0.452 e. The normalized spacial score (nSPS) is 15.1. The van der Waals surface area contributed by atoms with Crippen LogP contribution in [0.1, 0.15) is 29.4 Å². The summed E-state index contributed by atoms with van der Waals surface area (Å²) < 4.78 is 5.31. The highest BCUT2D eigenvalue weighted by atomic mass is 16.5. The lowest BCUT2D eigenvalue weighted by atomic mass is 10.2. The minimum absolute atomic E-state index is 0.0312. The Kier molecular flexibility index (Phi) is 7.54. The van der Waals surface area contributed by atoms with E-state index in [0.717, 1.165) is 25.2 Å². The van der Waals surface area contributed by atoms with Gasteiger partial charge in [0.2, 0.25) is 0 Å². The van der Waals surface area contributed by atoms with Gasteiger partial charge in [0.1, 0.15) is 0 Å². The number of nitrogens with zero attached hydrogens (tertiary/aromatic N) is 3. The van der Waals surface area contributed by atoms with E-state index in [4.69, 9.17) is 4.74 Å². The predicted octanol–water partition coefficient (Wildman–Crippen LogP) is 1.96. The van der Waals surface area contributed by atoms with Crippen LogP contribution in [0, 0.1) is 0 Å². The summed E-state index contributed by atoms with van der Waals surface area (Å²) in [4.78, 5) is 41.3. The van der Waals surface area contributed by atoms with Crippen LogP contribution in [0.25, 0.3) is 10.9 Å². The van der Waals surface area contributed by atoms with Gasteiger partial charge >= 0.3 is 5.97 Å². The van der Waals surface area contributed by atoms with E-state index in [1.807, 2.05) is 36.4 Å². The second kappa shape index (κ2) is 10.9. The molecule has 0 spiro atoms. The van der Waals surface area contributed by atoms with Crippen LogP contribution < -0.4 is 5.32 Å². The summed E-state index contributed by atoms with van der Waals surface area (Å²) in [6.45, 7) is 5.28. The van der Waals surface area contributed by atoms with E-state index in [2.05, 4.69) is 32.5 Å². The number of aromatic amines is 1. The third kappa shape index (κ3) is 5.79. The van der Waals surface area contributed by atoms with Crippen molar-refractivity contribution in [3.8, 4) is 0 Å². The second-order valence-electron chi connectivity index (χ2n) is 8.34. The molecule has 2 amide bonds. The molecule has 0 radical (unpaired) electrons. The molecule has 1 aliphatic rings. The first kappa shape index (κ1) is 23.4. The van der Waals surface area contributed by atoms with Gasteiger partial charge in [-0.15, -0.1) is 0 Å². The van der Waals surface area contributed by atoms with Crippen molar-refractivity contribution in [1.29, 1.82) is 0 Å². The largest absolute Gasteiger partial charge is 0.452 e. The maximum Gasteiger partial charge on any atom is 0.308 e. The number of ether oxygens (including phenoxy) is 1. The molecule has 2 aromatic carbocycles. The zero-order valence-electron chi connectivity index (χ0n) is 19.2. The summed E-state index contributed by atoms with van der Waals surface area (Å²) in [7, 11) is 0. The maximum atomic E-state index is 12.7. The predicted molar refractivity (Wildman–Crippen MR) is 127 cm³/mol. The van der Waals surface area contributed by atoms with Gasteiger partial charge in [0.15, 0.2) is 11.8 Å². The van der Waals surface area contributed by atoms with Crippen LogP contribution >= 0.6 is 0 Å². The molecule has 1 saturated heterocycles. The summed E-state index contributed by atoms with van der Waals surface area (Å²) >= 11 is 0. The Hall–Kier alpha value is -3.72. The Balaban J connectivity index is 1.17. The molecule has 3 aromatic rings.